The number of rotatable bonds is 6. The van der Waals surface area contributed by atoms with Gasteiger partial charge in [-0.15, -0.1) is 0 Å². The van der Waals surface area contributed by atoms with Gasteiger partial charge in [0.2, 0.25) is 0 Å². The summed E-state index contributed by atoms with van der Waals surface area (Å²) in [5, 5.41) is 9.45. The van der Waals surface area contributed by atoms with E-state index in [9.17, 15) is 18.5 Å². The van der Waals surface area contributed by atoms with Crippen molar-refractivity contribution in [2.24, 2.45) is 0 Å². The van der Waals surface area contributed by atoms with Crippen LogP contribution in [0.2, 0.25) is 0 Å². The van der Waals surface area contributed by atoms with Crippen LogP contribution in [0.15, 0.2) is 73.1 Å². The molecule has 35 heavy (non-hydrogen) atoms. The maximum atomic E-state index is 13.2. The van der Waals surface area contributed by atoms with Gasteiger partial charge in [0.15, 0.2) is 0 Å². The number of nitriles is 1. The highest BCUT2D eigenvalue weighted by Gasteiger charge is 2.37. The molecule has 0 unspecified atom stereocenters. The van der Waals surface area contributed by atoms with Crippen molar-refractivity contribution in [2.45, 2.75) is 12.1 Å². The first-order valence-electron chi connectivity index (χ1n) is 11.2. The molecule has 0 radical (unpaired) electrons. The number of nitrogens with two attached hydrogens (primary N) is 1. The van der Waals surface area contributed by atoms with Crippen molar-refractivity contribution in [1.29, 1.82) is 5.26 Å². The Kier molecular flexibility index (Phi) is 7.15. The van der Waals surface area contributed by atoms with Gasteiger partial charge in [0.1, 0.15) is 9.84 Å². The summed E-state index contributed by atoms with van der Waals surface area (Å²) in [7, 11) is -3.35. The zero-order valence-corrected chi connectivity index (χ0v) is 20.2. The Morgan fingerprint density at radius 3 is 2.54 bits per heavy atom. The number of carbonyl (C=O) groups is 1. The van der Waals surface area contributed by atoms with Crippen molar-refractivity contribution in [3.8, 4) is 6.07 Å². The summed E-state index contributed by atoms with van der Waals surface area (Å²) in [4.78, 5) is 21.0. The van der Waals surface area contributed by atoms with Gasteiger partial charge in [0, 0.05) is 44.3 Å². The molecule has 1 fully saturated rings. The molecule has 9 heteroatoms. The van der Waals surface area contributed by atoms with Gasteiger partial charge in [0.25, 0.3) is 5.91 Å². The van der Waals surface area contributed by atoms with Crippen LogP contribution in [0.25, 0.3) is 0 Å². The number of sulfone groups is 1. The molecule has 4 rings (SSSR count). The molecule has 2 aromatic carbocycles. The van der Waals surface area contributed by atoms with Crippen LogP contribution >= 0.6 is 0 Å². The second-order valence-electron chi connectivity index (χ2n) is 8.79. The number of pyridine rings is 1. The maximum Gasteiger partial charge on any atom is 0.255 e. The monoisotopic (exact) mass is 489 g/mol. The lowest BCUT2D eigenvalue weighted by molar-refractivity contribution is 0.0435. The van der Waals surface area contributed by atoms with Crippen LogP contribution in [0.3, 0.4) is 0 Å². The third kappa shape index (κ3) is 5.85. The van der Waals surface area contributed by atoms with Crippen molar-refractivity contribution >= 4 is 21.4 Å². The van der Waals surface area contributed by atoms with Gasteiger partial charge in [-0.1, -0.05) is 42.5 Å². The fourth-order valence-corrected chi connectivity index (χ4v) is 5.63. The van der Waals surface area contributed by atoms with Gasteiger partial charge in [-0.3, -0.25) is 14.7 Å². The number of aromatic nitrogens is 1. The number of benzene rings is 2. The molecule has 180 valence electrons. The van der Waals surface area contributed by atoms with E-state index in [0.29, 0.717) is 29.9 Å². The van der Waals surface area contributed by atoms with Crippen molar-refractivity contribution in [3.63, 3.8) is 0 Å². The summed E-state index contributed by atoms with van der Waals surface area (Å²) in [5.41, 5.74) is 8.99. The predicted octanol–water partition coefficient (Wildman–Crippen LogP) is 2.50. The first kappa shape index (κ1) is 24.4. The average molecular weight is 490 g/mol. The van der Waals surface area contributed by atoms with Crippen molar-refractivity contribution in [2.75, 3.05) is 37.4 Å². The quantitative estimate of drug-likeness (QED) is 0.565. The van der Waals surface area contributed by atoms with E-state index in [0.717, 1.165) is 11.1 Å². The first-order valence-corrected chi connectivity index (χ1v) is 13.3. The van der Waals surface area contributed by atoms with Crippen LogP contribution in [-0.4, -0.2) is 66.8 Å². The lowest BCUT2D eigenvalue weighted by Gasteiger charge is -2.45. The van der Waals surface area contributed by atoms with E-state index in [1.807, 2.05) is 48.5 Å². The van der Waals surface area contributed by atoms with E-state index in [1.165, 1.54) is 18.6 Å². The summed E-state index contributed by atoms with van der Waals surface area (Å²) in [6.07, 6.45) is 4.15. The fourth-order valence-electron chi connectivity index (χ4n) is 4.64. The predicted molar refractivity (Wildman–Crippen MR) is 134 cm³/mol. The van der Waals surface area contributed by atoms with Crippen LogP contribution in [-0.2, 0) is 9.84 Å². The average Bonchev–Trinajstić information content (AvgIpc) is 2.84. The third-order valence-electron chi connectivity index (χ3n) is 6.10. The highest BCUT2D eigenvalue weighted by atomic mass is 32.2. The molecule has 1 saturated heterocycles. The molecular weight excluding hydrogens is 462 g/mol. The number of hydrogen-bond acceptors (Lipinski definition) is 7. The van der Waals surface area contributed by atoms with Crippen molar-refractivity contribution < 1.29 is 13.2 Å². The molecule has 1 aromatic heterocycles. The zero-order chi connectivity index (χ0) is 25.0. The summed E-state index contributed by atoms with van der Waals surface area (Å²) in [6, 6.07) is 20.2. The number of piperazine rings is 1. The maximum absolute atomic E-state index is 13.2. The molecular formula is C26H27N5O3S. The molecule has 2 N–H and O–H groups in total. The summed E-state index contributed by atoms with van der Waals surface area (Å²) < 4.78 is 24.9. The molecule has 0 saturated carbocycles. The Morgan fingerprint density at radius 2 is 1.86 bits per heavy atom. The van der Waals surface area contributed by atoms with E-state index in [4.69, 9.17) is 5.73 Å². The van der Waals surface area contributed by atoms with Gasteiger partial charge >= 0.3 is 0 Å². The minimum atomic E-state index is -3.35. The minimum Gasteiger partial charge on any atom is -0.397 e. The topological polar surface area (TPSA) is 120 Å². The molecule has 1 aliphatic rings. The Labute approximate surface area is 205 Å². The lowest BCUT2D eigenvalue weighted by atomic mass is 9.93. The molecule has 1 amide bonds. The second kappa shape index (κ2) is 10.3. The number of carbonyl (C=O) groups excluding carboxylic acids is 1. The molecule has 1 aliphatic heterocycles. The van der Waals surface area contributed by atoms with E-state index in [2.05, 4.69) is 16.0 Å². The zero-order valence-electron chi connectivity index (χ0n) is 19.4. The van der Waals surface area contributed by atoms with Crippen molar-refractivity contribution in [1.82, 2.24) is 14.8 Å². The number of hydrogen-bond donors (Lipinski definition) is 1. The van der Waals surface area contributed by atoms with Crippen LogP contribution in [0.4, 0.5) is 5.69 Å². The normalized spacial score (nSPS) is 17.5. The number of anilines is 1. The number of amides is 1. The Balaban J connectivity index is 1.72. The van der Waals surface area contributed by atoms with Gasteiger partial charge in [-0.25, -0.2) is 8.42 Å². The SMILES string of the molecule is CS(=O)(=O)C[C@H]1CN(C(=O)c2cncc(N)c2)CCN1[C@@H](c1ccccc1)c1cccc(C#N)c1. The largest absolute Gasteiger partial charge is 0.397 e. The Hall–Kier alpha value is -3.74. The summed E-state index contributed by atoms with van der Waals surface area (Å²) >= 11 is 0. The molecule has 0 spiro atoms. The van der Waals surface area contributed by atoms with Crippen LogP contribution < -0.4 is 5.73 Å². The summed E-state index contributed by atoms with van der Waals surface area (Å²) in [5.74, 6) is -0.335. The van der Waals surface area contributed by atoms with Crippen LogP contribution in [0.1, 0.15) is 33.1 Å². The van der Waals surface area contributed by atoms with Crippen molar-refractivity contribution in [3.05, 3.63) is 95.3 Å². The van der Waals surface area contributed by atoms with Gasteiger partial charge < -0.3 is 10.6 Å². The van der Waals surface area contributed by atoms with Gasteiger partial charge in [0.05, 0.1) is 34.7 Å². The van der Waals surface area contributed by atoms with E-state index >= 15 is 0 Å². The molecule has 2 atom stereocenters. The molecule has 0 aliphatic carbocycles. The Bertz CT molecular complexity index is 1350. The van der Waals surface area contributed by atoms with Gasteiger partial charge in [-0.2, -0.15) is 5.26 Å². The van der Waals surface area contributed by atoms with E-state index < -0.39 is 15.9 Å². The molecule has 0 bridgehead atoms. The van der Waals surface area contributed by atoms with Crippen LogP contribution in [0, 0.1) is 11.3 Å². The minimum absolute atomic E-state index is 0.104. The van der Waals surface area contributed by atoms with Gasteiger partial charge in [-0.05, 0) is 29.3 Å². The Morgan fingerprint density at radius 1 is 1.11 bits per heavy atom. The molecule has 2 heterocycles. The number of nitrogens with zero attached hydrogens (tertiary/aromatic N) is 4. The highest BCUT2D eigenvalue weighted by molar-refractivity contribution is 7.90. The molecule has 8 nitrogen and oxygen atoms in total. The third-order valence-corrected chi connectivity index (χ3v) is 7.09. The van der Waals surface area contributed by atoms with Crippen LogP contribution in [0.5, 0.6) is 0 Å². The standard InChI is InChI=1S/C26H27N5O3S/c1-35(33,34)18-24-17-30(26(32)22-13-23(28)16-29-15-22)10-11-31(24)25(20-7-3-2-4-8-20)21-9-5-6-19(12-21)14-27/h2-9,12-13,15-16,24-25H,10-11,17-18,28H2,1H3/t24-,25+/m1/s1. The fraction of sp³-hybridized carbons (Fsp3) is 0.269. The van der Waals surface area contributed by atoms with E-state index in [1.54, 1.807) is 17.0 Å². The highest BCUT2D eigenvalue weighted by Crippen LogP contribution is 2.33. The lowest BCUT2D eigenvalue weighted by Crippen LogP contribution is -2.57. The number of nitrogen functional groups attached to an aromatic ring is 1. The van der Waals surface area contributed by atoms with E-state index in [-0.39, 0.29) is 24.2 Å². The molecule has 3 aromatic rings. The smallest absolute Gasteiger partial charge is 0.255 e. The first-order chi connectivity index (χ1) is 16.7. The summed E-state index contributed by atoms with van der Waals surface area (Å²) in [6.45, 7) is 1.11. The second-order valence-corrected chi connectivity index (χ2v) is 11.0.